The van der Waals surface area contributed by atoms with Gasteiger partial charge in [-0.05, 0) is 48.5 Å². The zero-order valence-corrected chi connectivity index (χ0v) is 16.5. The largest absolute Gasteiger partial charge is 0.435 e. The molecule has 0 aliphatic carbocycles. The van der Waals surface area contributed by atoms with Gasteiger partial charge in [0.15, 0.2) is 0 Å². The molecule has 0 bridgehead atoms. The molecular weight excluding hydrogens is 394 g/mol. The molecule has 0 aliphatic heterocycles. The van der Waals surface area contributed by atoms with Gasteiger partial charge in [-0.2, -0.15) is 8.78 Å². The molecule has 4 aromatic rings. The molecule has 2 heterocycles. The molecule has 0 atom stereocenters. The highest BCUT2D eigenvalue weighted by Gasteiger charge is 2.05. The van der Waals surface area contributed by atoms with E-state index < -0.39 is 6.61 Å². The van der Waals surface area contributed by atoms with E-state index in [4.69, 9.17) is 0 Å². The first-order valence-electron chi connectivity index (χ1n) is 8.80. The number of benzene rings is 2. The van der Waals surface area contributed by atoms with Gasteiger partial charge < -0.3 is 15.0 Å². The van der Waals surface area contributed by atoms with Crippen LogP contribution in [0.4, 0.5) is 8.78 Å². The van der Waals surface area contributed by atoms with Crippen molar-refractivity contribution in [2.75, 3.05) is 7.05 Å². The van der Waals surface area contributed by atoms with E-state index in [1.165, 1.54) is 23.1 Å². The van der Waals surface area contributed by atoms with Gasteiger partial charge in [0.25, 0.3) is 0 Å². The van der Waals surface area contributed by atoms with Crippen LogP contribution in [0.1, 0.15) is 5.56 Å². The summed E-state index contributed by atoms with van der Waals surface area (Å²) in [6.45, 7) is -1.89. The van der Waals surface area contributed by atoms with Crippen molar-refractivity contribution in [1.82, 2.24) is 20.3 Å². The fourth-order valence-electron chi connectivity index (χ4n) is 2.78. The van der Waals surface area contributed by atoms with Gasteiger partial charge in [-0.15, -0.1) is 12.6 Å². The summed E-state index contributed by atoms with van der Waals surface area (Å²) in [5, 5.41) is 4.42. The number of hydrogen-bond acceptors (Lipinski definition) is 5. The SMILES string of the molecule is CNCc1c[nH]c2cc(-c3cncnc3)ccc12.FC(F)Oc1ccc(S)cc1. The van der Waals surface area contributed by atoms with Crippen molar-refractivity contribution in [3.63, 3.8) is 0 Å². The summed E-state index contributed by atoms with van der Waals surface area (Å²) in [5.74, 6) is 0.151. The summed E-state index contributed by atoms with van der Waals surface area (Å²) in [4.78, 5) is 12.1. The molecule has 0 saturated heterocycles. The Balaban J connectivity index is 0.000000188. The first-order chi connectivity index (χ1) is 14.1. The van der Waals surface area contributed by atoms with Crippen molar-refractivity contribution in [3.8, 4) is 16.9 Å². The lowest BCUT2D eigenvalue weighted by molar-refractivity contribution is -0.0498. The zero-order valence-electron chi connectivity index (χ0n) is 15.6. The molecular formula is C21H20F2N4OS. The number of fused-ring (bicyclic) bond motifs is 1. The number of alkyl halides is 2. The lowest BCUT2D eigenvalue weighted by atomic mass is 10.1. The van der Waals surface area contributed by atoms with Gasteiger partial charge in [0.05, 0.1) is 0 Å². The van der Waals surface area contributed by atoms with Crippen molar-refractivity contribution in [3.05, 3.63) is 72.9 Å². The standard InChI is InChI=1S/C14H14N4.C7H6F2OS/c1-15-5-12-8-18-14-4-10(2-3-13(12)14)11-6-16-9-17-7-11;8-7(9)10-5-1-3-6(11)4-2-5/h2-4,6-9,15,18H,5H2,1H3;1-4,7,11H. The Kier molecular flexibility index (Phi) is 7.15. The molecule has 0 aliphatic rings. The maximum absolute atomic E-state index is 11.6. The van der Waals surface area contributed by atoms with E-state index in [1.54, 1.807) is 18.5 Å². The summed E-state index contributed by atoms with van der Waals surface area (Å²) in [5.41, 5.74) is 4.58. The van der Waals surface area contributed by atoms with E-state index in [0.717, 1.165) is 23.2 Å². The van der Waals surface area contributed by atoms with E-state index in [0.29, 0.717) is 4.90 Å². The van der Waals surface area contributed by atoms with Crippen molar-refractivity contribution in [2.45, 2.75) is 18.1 Å². The Morgan fingerprint density at radius 3 is 2.45 bits per heavy atom. The molecule has 0 radical (unpaired) electrons. The number of ether oxygens (including phenoxy) is 1. The van der Waals surface area contributed by atoms with Gasteiger partial charge in [0.2, 0.25) is 0 Å². The van der Waals surface area contributed by atoms with Crippen molar-refractivity contribution < 1.29 is 13.5 Å². The molecule has 0 spiro atoms. The number of nitrogens with one attached hydrogen (secondary N) is 2. The Hall–Kier alpha value is -2.97. The second-order valence-corrected chi connectivity index (χ2v) is 6.62. The smallest absolute Gasteiger partial charge is 0.387 e. The lowest BCUT2D eigenvalue weighted by Crippen LogP contribution is -2.03. The predicted octanol–water partition coefficient (Wildman–Crippen LogP) is 4.92. The maximum Gasteiger partial charge on any atom is 0.387 e. The number of rotatable bonds is 5. The monoisotopic (exact) mass is 414 g/mol. The molecule has 2 N–H and O–H groups in total. The first-order valence-corrected chi connectivity index (χ1v) is 9.25. The molecule has 2 aromatic carbocycles. The van der Waals surface area contributed by atoms with Gasteiger partial charge in [0, 0.05) is 46.5 Å². The molecule has 0 fully saturated rings. The molecule has 150 valence electrons. The fraction of sp³-hybridized carbons (Fsp3) is 0.143. The Morgan fingerprint density at radius 1 is 1.07 bits per heavy atom. The van der Waals surface area contributed by atoms with Crippen LogP contribution in [0, 0.1) is 0 Å². The van der Waals surface area contributed by atoms with Gasteiger partial charge >= 0.3 is 6.61 Å². The highest BCUT2D eigenvalue weighted by molar-refractivity contribution is 7.80. The molecule has 2 aromatic heterocycles. The number of halogens is 2. The van der Waals surface area contributed by atoms with E-state index >= 15 is 0 Å². The van der Waals surface area contributed by atoms with Gasteiger partial charge in [-0.3, -0.25) is 0 Å². The van der Waals surface area contributed by atoms with E-state index in [9.17, 15) is 8.78 Å². The molecule has 0 saturated carbocycles. The summed E-state index contributed by atoms with van der Waals surface area (Å²) in [6, 6.07) is 12.4. The number of hydrogen-bond donors (Lipinski definition) is 3. The molecule has 0 amide bonds. The number of thiol groups is 1. The molecule has 5 nitrogen and oxygen atoms in total. The number of aromatic amines is 1. The normalized spacial score (nSPS) is 10.7. The quantitative estimate of drug-likeness (QED) is 0.406. The predicted molar refractivity (Wildman–Crippen MR) is 112 cm³/mol. The number of nitrogens with zero attached hydrogens (tertiary/aromatic N) is 2. The highest BCUT2D eigenvalue weighted by atomic mass is 32.1. The zero-order chi connectivity index (χ0) is 20.6. The van der Waals surface area contributed by atoms with Gasteiger partial charge in [-0.1, -0.05) is 12.1 Å². The second-order valence-electron chi connectivity index (χ2n) is 6.10. The van der Waals surface area contributed by atoms with Crippen LogP contribution in [0.2, 0.25) is 0 Å². The van der Waals surface area contributed by atoms with E-state index in [2.05, 4.69) is 55.8 Å². The highest BCUT2D eigenvalue weighted by Crippen LogP contribution is 2.25. The summed E-state index contributed by atoms with van der Waals surface area (Å²) >= 11 is 3.98. The Bertz CT molecular complexity index is 1040. The average Bonchev–Trinajstić information content (AvgIpc) is 3.13. The average molecular weight is 414 g/mol. The van der Waals surface area contributed by atoms with Crippen LogP contribution in [0.3, 0.4) is 0 Å². The van der Waals surface area contributed by atoms with Crippen LogP contribution in [0.15, 0.2) is 72.3 Å². The minimum absolute atomic E-state index is 0.151. The summed E-state index contributed by atoms with van der Waals surface area (Å²) in [7, 11) is 1.95. The van der Waals surface area contributed by atoms with Crippen LogP contribution in [0.5, 0.6) is 5.75 Å². The number of H-pyrrole nitrogens is 1. The van der Waals surface area contributed by atoms with Crippen LogP contribution in [-0.4, -0.2) is 28.6 Å². The third kappa shape index (κ3) is 5.75. The van der Waals surface area contributed by atoms with Crippen LogP contribution >= 0.6 is 12.6 Å². The second kappa shape index (κ2) is 9.99. The molecule has 29 heavy (non-hydrogen) atoms. The summed E-state index contributed by atoms with van der Waals surface area (Å²) < 4.78 is 27.3. The van der Waals surface area contributed by atoms with Crippen molar-refractivity contribution in [2.24, 2.45) is 0 Å². The maximum atomic E-state index is 11.6. The third-order valence-corrected chi connectivity index (χ3v) is 4.39. The number of aromatic nitrogens is 3. The molecule has 4 rings (SSSR count). The van der Waals surface area contributed by atoms with Gasteiger partial charge in [-0.25, -0.2) is 9.97 Å². The van der Waals surface area contributed by atoms with Crippen LogP contribution < -0.4 is 10.1 Å². The first kappa shape index (κ1) is 20.8. The van der Waals surface area contributed by atoms with E-state index in [1.807, 2.05) is 25.6 Å². The summed E-state index contributed by atoms with van der Waals surface area (Å²) in [6.07, 6.45) is 7.24. The molecule has 8 heteroatoms. The molecule has 0 unspecified atom stereocenters. The minimum atomic E-state index is -2.76. The van der Waals surface area contributed by atoms with Crippen LogP contribution in [0.25, 0.3) is 22.0 Å². The van der Waals surface area contributed by atoms with Gasteiger partial charge in [0.1, 0.15) is 12.1 Å². The third-order valence-electron chi connectivity index (χ3n) is 4.09. The topological polar surface area (TPSA) is 62.8 Å². The minimum Gasteiger partial charge on any atom is -0.435 e. The van der Waals surface area contributed by atoms with Crippen LogP contribution in [-0.2, 0) is 6.54 Å². The van der Waals surface area contributed by atoms with Crippen molar-refractivity contribution in [1.29, 1.82) is 0 Å². The Morgan fingerprint density at radius 2 is 1.79 bits per heavy atom. The lowest BCUT2D eigenvalue weighted by Gasteiger charge is -2.02. The Labute approximate surface area is 172 Å². The fourth-order valence-corrected chi connectivity index (χ4v) is 2.93. The van der Waals surface area contributed by atoms with E-state index in [-0.39, 0.29) is 5.75 Å². The van der Waals surface area contributed by atoms with Crippen molar-refractivity contribution >= 4 is 23.5 Å².